The lowest BCUT2D eigenvalue weighted by molar-refractivity contribution is -0.137. The van der Waals surface area contributed by atoms with E-state index in [2.05, 4.69) is 22.3 Å². The second-order valence-electron chi connectivity index (χ2n) is 7.18. The summed E-state index contributed by atoms with van der Waals surface area (Å²) in [7, 11) is 1.94. The van der Waals surface area contributed by atoms with Crippen molar-refractivity contribution < 1.29 is 4.79 Å². The SMILES string of the molecule is Cc1nn(C)c(C)c1CCC(=O)N1CC(n2cc(-c3ccccc3)nn2)C1. The first kappa shape index (κ1) is 17.5. The van der Waals surface area contributed by atoms with Gasteiger partial charge in [0.15, 0.2) is 0 Å². The molecule has 140 valence electrons. The van der Waals surface area contributed by atoms with Gasteiger partial charge in [0.1, 0.15) is 5.69 Å². The number of carbonyl (C=O) groups excluding carboxylic acids is 1. The maximum absolute atomic E-state index is 12.5. The molecule has 0 spiro atoms. The molecule has 0 atom stereocenters. The minimum atomic E-state index is 0.192. The van der Waals surface area contributed by atoms with Crippen LogP contribution in [0, 0.1) is 13.8 Å². The van der Waals surface area contributed by atoms with Crippen molar-refractivity contribution in [3.63, 3.8) is 0 Å². The molecule has 7 heteroatoms. The number of aryl methyl sites for hydroxylation is 2. The van der Waals surface area contributed by atoms with Crippen molar-refractivity contribution >= 4 is 5.91 Å². The summed E-state index contributed by atoms with van der Waals surface area (Å²) >= 11 is 0. The molecule has 0 aliphatic carbocycles. The van der Waals surface area contributed by atoms with Gasteiger partial charge in [-0.2, -0.15) is 5.10 Å². The molecule has 3 heterocycles. The lowest BCUT2D eigenvalue weighted by atomic mass is 10.0. The van der Waals surface area contributed by atoms with Crippen LogP contribution in [0.5, 0.6) is 0 Å². The van der Waals surface area contributed by atoms with E-state index in [1.807, 2.05) is 64.8 Å². The molecule has 1 saturated heterocycles. The van der Waals surface area contributed by atoms with Crippen LogP contribution in [0.2, 0.25) is 0 Å². The first-order valence-electron chi connectivity index (χ1n) is 9.27. The predicted octanol–water partition coefficient (Wildman–Crippen LogP) is 2.31. The zero-order chi connectivity index (χ0) is 19.0. The van der Waals surface area contributed by atoms with E-state index in [0.29, 0.717) is 19.5 Å². The molecule has 1 aliphatic rings. The molecule has 2 aromatic heterocycles. The molecular formula is C20H24N6O. The van der Waals surface area contributed by atoms with Gasteiger partial charge in [-0.25, -0.2) is 4.68 Å². The van der Waals surface area contributed by atoms with Crippen LogP contribution in [0.15, 0.2) is 36.5 Å². The Morgan fingerprint density at radius 2 is 1.93 bits per heavy atom. The highest BCUT2D eigenvalue weighted by Crippen LogP contribution is 2.24. The van der Waals surface area contributed by atoms with Gasteiger partial charge in [0.05, 0.1) is 17.9 Å². The third kappa shape index (κ3) is 3.37. The average molecular weight is 364 g/mol. The quantitative estimate of drug-likeness (QED) is 0.697. The Bertz CT molecular complexity index is 952. The fraction of sp³-hybridized carbons (Fsp3) is 0.400. The van der Waals surface area contributed by atoms with Crippen molar-refractivity contribution in [2.45, 2.75) is 32.7 Å². The summed E-state index contributed by atoms with van der Waals surface area (Å²) in [6, 6.07) is 10.2. The number of likely N-dealkylation sites (tertiary alicyclic amines) is 1. The number of carbonyl (C=O) groups is 1. The average Bonchev–Trinajstić information content (AvgIpc) is 3.19. The van der Waals surface area contributed by atoms with Gasteiger partial charge in [-0.05, 0) is 25.8 Å². The molecule has 7 nitrogen and oxygen atoms in total. The lowest BCUT2D eigenvalue weighted by Gasteiger charge is -2.39. The normalized spacial score (nSPS) is 14.4. The molecule has 0 saturated carbocycles. The molecule has 1 aliphatic heterocycles. The number of rotatable bonds is 5. The van der Waals surface area contributed by atoms with Crippen LogP contribution in [0.25, 0.3) is 11.3 Å². The third-order valence-electron chi connectivity index (χ3n) is 5.42. The lowest BCUT2D eigenvalue weighted by Crippen LogP contribution is -2.51. The summed E-state index contributed by atoms with van der Waals surface area (Å²) in [6.07, 6.45) is 3.23. The third-order valence-corrected chi connectivity index (χ3v) is 5.42. The van der Waals surface area contributed by atoms with Crippen LogP contribution < -0.4 is 0 Å². The zero-order valence-electron chi connectivity index (χ0n) is 16.0. The molecule has 0 unspecified atom stereocenters. The van der Waals surface area contributed by atoms with Crippen molar-refractivity contribution in [3.05, 3.63) is 53.5 Å². The van der Waals surface area contributed by atoms with Crippen molar-refractivity contribution in [3.8, 4) is 11.3 Å². The van der Waals surface area contributed by atoms with Gasteiger partial charge in [-0.3, -0.25) is 9.48 Å². The molecular weight excluding hydrogens is 340 g/mol. The molecule has 0 N–H and O–H groups in total. The van der Waals surface area contributed by atoms with E-state index in [1.165, 1.54) is 5.56 Å². The van der Waals surface area contributed by atoms with Gasteiger partial charge in [-0.15, -0.1) is 5.10 Å². The summed E-state index contributed by atoms with van der Waals surface area (Å²) in [5, 5.41) is 12.9. The maximum Gasteiger partial charge on any atom is 0.223 e. The summed E-state index contributed by atoms with van der Waals surface area (Å²) in [5.41, 5.74) is 5.26. The zero-order valence-corrected chi connectivity index (χ0v) is 16.0. The fourth-order valence-corrected chi connectivity index (χ4v) is 3.59. The number of amides is 1. The van der Waals surface area contributed by atoms with E-state index in [-0.39, 0.29) is 11.9 Å². The minimum absolute atomic E-state index is 0.192. The van der Waals surface area contributed by atoms with Gasteiger partial charge < -0.3 is 4.90 Å². The largest absolute Gasteiger partial charge is 0.338 e. The van der Waals surface area contributed by atoms with Gasteiger partial charge in [-0.1, -0.05) is 35.5 Å². The van der Waals surface area contributed by atoms with Crippen LogP contribution in [0.3, 0.4) is 0 Å². The second-order valence-corrected chi connectivity index (χ2v) is 7.18. The fourth-order valence-electron chi connectivity index (χ4n) is 3.59. The van der Waals surface area contributed by atoms with Crippen LogP contribution in [-0.2, 0) is 18.3 Å². The number of nitrogens with zero attached hydrogens (tertiary/aromatic N) is 6. The first-order valence-corrected chi connectivity index (χ1v) is 9.27. The molecule has 1 aromatic carbocycles. The molecule has 3 aromatic rings. The molecule has 4 rings (SSSR count). The van der Waals surface area contributed by atoms with E-state index in [4.69, 9.17) is 0 Å². The van der Waals surface area contributed by atoms with Crippen LogP contribution >= 0.6 is 0 Å². The van der Waals surface area contributed by atoms with Crippen molar-refractivity contribution in [1.82, 2.24) is 29.7 Å². The number of aromatic nitrogens is 5. The Hall–Kier alpha value is -2.96. The first-order chi connectivity index (χ1) is 13.0. The van der Waals surface area contributed by atoms with E-state index < -0.39 is 0 Å². The van der Waals surface area contributed by atoms with E-state index >= 15 is 0 Å². The predicted molar refractivity (Wildman–Crippen MR) is 102 cm³/mol. The Morgan fingerprint density at radius 3 is 2.59 bits per heavy atom. The van der Waals surface area contributed by atoms with Gasteiger partial charge in [0.2, 0.25) is 5.91 Å². The Balaban J connectivity index is 1.32. The van der Waals surface area contributed by atoms with Gasteiger partial charge in [0, 0.05) is 37.8 Å². The van der Waals surface area contributed by atoms with Crippen molar-refractivity contribution in [2.75, 3.05) is 13.1 Å². The van der Waals surface area contributed by atoms with Crippen molar-refractivity contribution in [2.24, 2.45) is 7.05 Å². The Labute approximate surface area is 158 Å². The number of benzene rings is 1. The smallest absolute Gasteiger partial charge is 0.223 e. The number of hydrogen-bond acceptors (Lipinski definition) is 4. The van der Waals surface area contributed by atoms with E-state index in [9.17, 15) is 4.79 Å². The highest BCUT2D eigenvalue weighted by Gasteiger charge is 2.32. The van der Waals surface area contributed by atoms with E-state index in [1.54, 1.807) is 0 Å². The summed E-state index contributed by atoms with van der Waals surface area (Å²) in [4.78, 5) is 14.4. The second kappa shape index (κ2) is 6.98. The topological polar surface area (TPSA) is 68.8 Å². The van der Waals surface area contributed by atoms with Gasteiger partial charge >= 0.3 is 0 Å². The van der Waals surface area contributed by atoms with Crippen LogP contribution in [0.1, 0.15) is 29.4 Å². The number of hydrogen-bond donors (Lipinski definition) is 0. The molecule has 0 bridgehead atoms. The Kier molecular flexibility index (Phi) is 4.51. The highest BCUT2D eigenvalue weighted by molar-refractivity contribution is 5.77. The molecule has 1 amide bonds. The Morgan fingerprint density at radius 1 is 1.19 bits per heavy atom. The molecule has 0 radical (unpaired) electrons. The monoisotopic (exact) mass is 364 g/mol. The summed E-state index contributed by atoms with van der Waals surface area (Å²) < 4.78 is 3.76. The van der Waals surface area contributed by atoms with Gasteiger partial charge in [0.25, 0.3) is 0 Å². The van der Waals surface area contributed by atoms with Crippen molar-refractivity contribution in [1.29, 1.82) is 0 Å². The van der Waals surface area contributed by atoms with Crippen LogP contribution in [-0.4, -0.2) is 48.7 Å². The van der Waals surface area contributed by atoms with Crippen LogP contribution in [0.4, 0.5) is 0 Å². The molecule has 1 fully saturated rings. The van der Waals surface area contributed by atoms with E-state index in [0.717, 1.165) is 29.1 Å². The standard InChI is InChI=1S/C20H24N6O/c1-14-18(15(2)24(3)22-14)9-10-20(27)25-11-17(12-25)26-13-19(21-23-26)16-7-5-4-6-8-16/h4-8,13,17H,9-12H2,1-3H3. The minimum Gasteiger partial charge on any atom is -0.338 e. The summed E-state index contributed by atoms with van der Waals surface area (Å²) in [5.74, 6) is 0.192. The summed E-state index contributed by atoms with van der Waals surface area (Å²) in [6.45, 7) is 5.44. The molecule has 27 heavy (non-hydrogen) atoms. The maximum atomic E-state index is 12.5. The highest BCUT2D eigenvalue weighted by atomic mass is 16.2.